The van der Waals surface area contributed by atoms with Crippen LogP contribution in [-0.2, 0) is 9.53 Å². The zero-order valence-corrected chi connectivity index (χ0v) is 14.8. The third kappa shape index (κ3) is 9.24. The summed E-state index contributed by atoms with van der Waals surface area (Å²) in [6.07, 6.45) is -0.608. The van der Waals surface area contributed by atoms with Crippen molar-refractivity contribution in [3.8, 4) is 11.8 Å². The van der Waals surface area contributed by atoms with E-state index in [1.54, 1.807) is 41.5 Å². The molecule has 0 heterocycles. The summed E-state index contributed by atoms with van der Waals surface area (Å²) in [6.45, 7) is 12.2. The minimum absolute atomic E-state index is 0.256. The Morgan fingerprint density at radius 2 is 1.77 bits per heavy atom. The van der Waals surface area contributed by atoms with Gasteiger partial charge in [-0.1, -0.05) is 5.92 Å². The molecule has 0 aliphatic carbocycles. The van der Waals surface area contributed by atoms with E-state index in [0.29, 0.717) is 19.6 Å². The van der Waals surface area contributed by atoms with Crippen LogP contribution in [0.3, 0.4) is 0 Å². The van der Waals surface area contributed by atoms with Crippen LogP contribution in [0.5, 0.6) is 0 Å². The van der Waals surface area contributed by atoms with Crippen LogP contribution in [0, 0.1) is 11.8 Å². The van der Waals surface area contributed by atoms with Gasteiger partial charge in [0.15, 0.2) is 0 Å². The fourth-order valence-corrected chi connectivity index (χ4v) is 1.49. The van der Waals surface area contributed by atoms with Crippen molar-refractivity contribution in [1.82, 2.24) is 15.5 Å². The number of hydrogen-bond acceptors (Lipinski definition) is 4. The van der Waals surface area contributed by atoms with Crippen LogP contribution in [0.25, 0.3) is 0 Å². The molecule has 22 heavy (non-hydrogen) atoms. The molecule has 2 amide bonds. The maximum absolute atomic E-state index is 12.1. The Kier molecular flexibility index (Phi) is 7.96. The number of alkyl carbamates (subject to hydrolysis) is 1. The SMILES string of the molecule is CC#CCN(C)CCNC(=O)C(C)(C)NC(=O)OC(C)(C)C. The second kappa shape index (κ2) is 8.64. The minimum atomic E-state index is -1.04. The van der Waals surface area contributed by atoms with Crippen molar-refractivity contribution in [2.24, 2.45) is 0 Å². The average Bonchev–Trinajstić information content (AvgIpc) is 2.32. The number of hydrogen-bond donors (Lipinski definition) is 2. The second-order valence-electron chi connectivity index (χ2n) is 6.67. The number of nitrogens with zero attached hydrogens (tertiary/aromatic N) is 1. The third-order valence-corrected chi connectivity index (χ3v) is 2.69. The first-order valence-corrected chi connectivity index (χ1v) is 7.35. The average molecular weight is 311 g/mol. The van der Waals surface area contributed by atoms with E-state index in [-0.39, 0.29) is 5.91 Å². The molecule has 0 unspecified atom stereocenters. The van der Waals surface area contributed by atoms with Crippen molar-refractivity contribution < 1.29 is 14.3 Å². The van der Waals surface area contributed by atoms with E-state index in [1.165, 1.54) is 0 Å². The number of amides is 2. The molecule has 0 bridgehead atoms. The molecule has 0 aromatic carbocycles. The van der Waals surface area contributed by atoms with E-state index < -0.39 is 17.2 Å². The number of carbonyl (C=O) groups excluding carboxylic acids is 2. The van der Waals surface area contributed by atoms with E-state index in [2.05, 4.69) is 22.5 Å². The summed E-state index contributed by atoms with van der Waals surface area (Å²) < 4.78 is 5.16. The molecule has 0 fully saturated rings. The summed E-state index contributed by atoms with van der Waals surface area (Å²) >= 11 is 0. The van der Waals surface area contributed by atoms with Crippen LogP contribution in [-0.4, -0.2) is 54.7 Å². The minimum Gasteiger partial charge on any atom is -0.444 e. The van der Waals surface area contributed by atoms with Gasteiger partial charge < -0.3 is 15.4 Å². The Hall–Kier alpha value is -1.74. The first-order chi connectivity index (χ1) is 9.98. The van der Waals surface area contributed by atoms with Crippen LogP contribution < -0.4 is 10.6 Å². The highest BCUT2D eigenvalue weighted by molar-refractivity contribution is 5.89. The molecule has 0 spiro atoms. The highest BCUT2D eigenvalue weighted by Gasteiger charge is 2.31. The van der Waals surface area contributed by atoms with Gasteiger partial charge in [-0.05, 0) is 48.6 Å². The van der Waals surface area contributed by atoms with E-state index in [0.717, 1.165) is 0 Å². The molecular weight excluding hydrogens is 282 g/mol. The van der Waals surface area contributed by atoms with Gasteiger partial charge in [0, 0.05) is 13.1 Å². The number of likely N-dealkylation sites (N-methyl/N-ethyl adjacent to an activating group) is 1. The molecule has 0 aromatic rings. The van der Waals surface area contributed by atoms with Crippen molar-refractivity contribution in [3.63, 3.8) is 0 Å². The molecule has 0 rings (SSSR count). The van der Waals surface area contributed by atoms with Gasteiger partial charge in [0.05, 0.1) is 6.54 Å². The lowest BCUT2D eigenvalue weighted by atomic mass is 10.1. The molecule has 2 N–H and O–H groups in total. The van der Waals surface area contributed by atoms with Crippen molar-refractivity contribution in [1.29, 1.82) is 0 Å². The molecule has 126 valence electrons. The zero-order valence-electron chi connectivity index (χ0n) is 14.8. The lowest BCUT2D eigenvalue weighted by molar-refractivity contribution is -0.126. The fraction of sp³-hybridized carbons (Fsp3) is 0.750. The molecule has 0 aromatic heterocycles. The Balaban J connectivity index is 4.27. The smallest absolute Gasteiger partial charge is 0.408 e. The van der Waals surface area contributed by atoms with Gasteiger partial charge in [-0.3, -0.25) is 9.69 Å². The maximum Gasteiger partial charge on any atom is 0.408 e. The molecule has 6 heteroatoms. The largest absolute Gasteiger partial charge is 0.444 e. The zero-order chi connectivity index (χ0) is 17.4. The number of carbonyl (C=O) groups is 2. The molecule has 0 saturated carbocycles. The van der Waals surface area contributed by atoms with E-state index in [4.69, 9.17) is 4.74 Å². The summed E-state index contributed by atoms with van der Waals surface area (Å²) in [5, 5.41) is 5.38. The van der Waals surface area contributed by atoms with Crippen LogP contribution >= 0.6 is 0 Å². The predicted molar refractivity (Wildman–Crippen MR) is 87.4 cm³/mol. The Labute approximate surface area is 134 Å². The van der Waals surface area contributed by atoms with E-state index >= 15 is 0 Å². The third-order valence-electron chi connectivity index (χ3n) is 2.69. The molecule has 0 saturated heterocycles. The van der Waals surface area contributed by atoms with Crippen molar-refractivity contribution in [2.75, 3.05) is 26.7 Å². The lowest BCUT2D eigenvalue weighted by Gasteiger charge is -2.28. The number of nitrogens with one attached hydrogen (secondary N) is 2. The Morgan fingerprint density at radius 3 is 2.27 bits per heavy atom. The predicted octanol–water partition coefficient (Wildman–Crippen LogP) is 1.36. The van der Waals surface area contributed by atoms with Crippen molar-refractivity contribution in [2.45, 2.75) is 52.7 Å². The highest BCUT2D eigenvalue weighted by Crippen LogP contribution is 2.09. The summed E-state index contributed by atoms with van der Waals surface area (Å²) in [4.78, 5) is 25.9. The standard InChI is InChI=1S/C16H29N3O3/c1-8-9-11-19(7)12-10-17-13(20)16(5,6)18-14(21)22-15(2,3)4/h10-12H2,1-7H3,(H,17,20)(H,18,21). The summed E-state index contributed by atoms with van der Waals surface area (Å²) in [7, 11) is 1.93. The van der Waals surface area contributed by atoms with Gasteiger partial charge in [-0.15, -0.1) is 5.92 Å². The lowest BCUT2D eigenvalue weighted by Crippen LogP contribution is -2.56. The summed E-state index contributed by atoms with van der Waals surface area (Å²) in [5.41, 5.74) is -1.64. The molecule has 0 radical (unpaired) electrons. The van der Waals surface area contributed by atoms with Gasteiger partial charge in [0.1, 0.15) is 11.1 Å². The molecule has 6 nitrogen and oxygen atoms in total. The van der Waals surface area contributed by atoms with Crippen LogP contribution in [0.1, 0.15) is 41.5 Å². The van der Waals surface area contributed by atoms with Gasteiger partial charge in [0.2, 0.25) is 5.91 Å². The number of ether oxygens (including phenoxy) is 1. The Morgan fingerprint density at radius 1 is 1.18 bits per heavy atom. The fourth-order valence-electron chi connectivity index (χ4n) is 1.49. The maximum atomic E-state index is 12.1. The first-order valence-electron chi connectivity index (χ1n) is 7.35. The van der Waals surface area contributed by atoms with Gasteiger partial charge in [-0.2, -0.15) is 0 Å². The summed E-state index contributed by atoms with van der Waals surface area (Å²) in [5.74, 6) is 5.52. The molecule has 0 aliphatic rings. The number of rotatable bonds is 6. The summed E-state index contributed by atoms with van der Waals surface area (Å²) in [6, 6.07) is 0. The van der Waals surface area contributed by atoms with E-state index in [1.807, 2.05) is 11.9 Å². The van der Waals surface area contributed by atoms with Crippen molar-refractivity contribution in [3.05, 3.63) is 0 Å². The van der Waals surface area contributed by atoms with Crippen LogP contribution in [0.4, 0.5) is 4.79 Å². The highest BCUT2D eigenvalue weighted by atomic mass is 16.6. The first kappa shape index (κ1) is 20.3. The van der Waals surface area contributed by atoms with Gasteiger partial charge in [0.25, 0.3) is 0 Å². The quantitative estimate of drug-likeness (QED) is 0.727. The van der Waals surface area contributed by atoms with Crippen molar-refractivity contribution >= 4 is 12.0 Å². The normalized spacial score (nSPS) is 11.5. The molecule has 0 aliphatic heterocycles. The monoisotopic (exact) mass is 311 g/mol. The van der Waals surface area contributed by atoms with Crippen LogP contribution in [0.2, 0.25) is 0 Å². The van der Waals surface area contributed by atoms with Gasteiger partial charge in [-0.25, -0.2) is 4.79 Å². The second-order valence-corrected chi connectivity index (χ2v) is 6.67. The molecule has 0 atom stereocenters. The Bertz CT molecular complexity index is 442. The molecular formula is C16H29N3O3. The van der Waals surface area contributed by atoms with Gasteiger partial charge >= 0.3 is 6.09 Å². The topological polar surface area (TPSA) is 70.7 Å². The van der Waals surface area contributed by atoms with E-state index in [9.17, 15) is 9.59 Å². The van der Waals surface area contributed by atoms with Crippen LogP contribution in [0.15, 0.2) is 0 Å².